The van der Waals surface area contributed by atoms with E-state index in [2.05, 4.69) is 11.5 Å². The summed E-state index contributed by atoms with van der Waals surface area (Å²) in [5.74, 6) is -0.739. The van der Waals surface area contributed by atoms with Gasteiger partial charge in [0.1, 0.15) is 18.1 Å². The zero-order valence-corrected chi connectivity index (χ0v) is 20.1. The molecule has 1 atom stereocenters. The highest BCUT2D eigenvalue weighted by Crippen LogP contribution is 2.40. The molecule has 7 nitrogen and oxygen atoms in total. The molecule has 1 N–H and O–H groups in total. The van der Waals surface area contributed by atoms with E-state index in [0.717, 1.165) is 30.8 Å². The summed E-state index contributed by atoms with van der Waals surface area (Å²) in [6.45, 7) is 10.4. The number of aryl methyl sites for hydroxylation is 1. The van der Waals surface area contributed by atoms with Gasteiger partial charge in [-0.05, 0) is 31.0 Å². The number of amides is 1. The number of likely N-dealkylation sites (tertiary alicyclic amines) is 1. The van der Waals surface area contributed by atoms with Crippen molar-refractivity contribution >= 4 is 17.4 Å². The molecule has 2 saturated heterocycles. The van der Waals surface area contributed by atoms with Crippen LogP contribution in [0.1, 0.15) is 29.2 Å². The molecule has 1 amide bonds. The van der Waals surface area contributed by atoms with Gasteiger partial charge in [0.2, 0.25) is 0 Å². The second kappa shape index (κ2) is 11.3. The summed E-state index contributed by atoms with van der Waals surface area (Å²) in [6.07, 6.45) is 2.38. The van der Waals surface area contributed by atoms with Gasteiger partial charge in [0.05, 0.1) is 24.8 Å². The maximum atomic E-state index is 13.2. The Balaban J connectivity index is 1.65. The highest BCUT2D eigenvalue weighted by Gasteiger charge is 2.45. The number of aliphatic hydroxyl groups is 1. The molecular formula is C28H32N2O5. The summed E-state index contributed by atoms with van der Waals surface area (Å²) in [7, 11) is 0. The van der Waals surface area contributed by atoms with Crippen molar-refractivity contribution in [1.29, 1.82) is 0 Å². The molecule has 35 heavy (non-hydrogen) atoms. The molecule has 2 aromatic carbocycles. The highest BCUT2D eigenvalue weighted by molar-refractivity contribution is 6.46. The van der Waals surface area contributed by atoms with E-state index in [4.69, 9.17) is 9.47 Å². The van der Waals surface area contributed by atoms with Crippen LogP contribution in [0.3, 0.4) is 0 Å². The number of carbonyl (C=O) groups is 2. The topological polar surface area (TPSA) is 79.3 Å². The van der Waals surface area contributed by atoms with Crippen LogP contribution in [0.4, 0.5) is 0 Å². The van der Waals surface area contributed by atoms with Crippen molar-refractivity contribution in [1.82, 2.24) is 9.80 Å². The molecule has 0 saturated carbocycles. The lowest BCUT2D eigenvalue weighted by Gasteiger charge is -2.29. The third kappa shape index (κ3) is 5.63. The Hall–Kier alpha value is -3.42. The van der Waals surface area contributed by atoms with E-state index in [1.165, 1.54) is 0 Å². The minimum absolute atomic E-state index is 0.116. The van der Waals surface area contributed by atoms with Crippen LogP contribution in [-0.2, 0) is 14.3 Å². The lowest BCUT2D eigenvalue weighted by Crippen LogP contribution is -2.38. The molecule has 4 rings (SSSR count). The Morgan fingerprint density at radius 1 is 1.09 bits per heavy atom. The Kier molecular flexibility index (Phi) is 8.00. The van der Waals surface area contributed by atoms with E-state index in [1.54, 1.807) is 35.2 Å². The molecule has 0 aromatic heterocycles. The zero-order valence-electron chi connectivity index (χ0n) is 20.1. The molecule has 0 radical (unpaired) electrons. The highest BCUT2D eigenvalue weighted by atomic mass is 16.5. The maximum absolute atomic E-state index is 13.2. The van der Waals surface area contributed by atoms with Crippen LogP contribution in [-0.4, -0.2) is 72.6 Å². The first-order valence-corrected chi connectivity index (χ1v) is 12.0. The third-order valence-electron chi connectivity index (χ3n) is 6.41. The SMILES string of the molecule is C=CCOc1ccc(C2C(=C(O)c3ccc(C)cc3)C(=O)C(=O)N2CCCN2CCOCC2)cc1. The monoisotopic (exact) mass is 476 g/mol. The van der Waals surface area contributed by atoms with Gasteiger partial charge in [-0.3, -0.25) is 14.5 Å². The summed E-state index contributed by atoms with van der Waals surface area (Å²) < 4.78 is 11.0. The van der Waals surface area contributed by atoms with E-state index in [9.17, 15) is 14.7 Å². The molecule has 1 unspecified atom stereocenters. The molecule has 0 aliphatic carbocycles. The first-order chi connectivity index (χ1) is 17.0. The van der Waals surface area contributed by atoms with Crippen molar-refractivity contribution in [2.24, 2.45) is 0 Å². The number of ketones is 1. The van der Waals surface area contributed by atoms with Gasteiger partial charge in [-0.25, -0.2) is 0 Å². The molecule has 2 heterocycles. The van der Waals surface area contributed by atoms with Crippen LogP contribution in [0.25, 0.3) is 5.76 Å². The number of nitrogens with zero attached hydrogens (tertiary/aromatic N) is 2. The molecular weight excluding hydrogens is 444 g/mol. The Labute approximate surface area is 206 Å². The first kappa shape index (κ1) is 24.7. The summed E-state index contributed by atoms with van der Waals surface area (Å²) in [6, 6.07) is 13.9. The standard InChI is InChI=1S/C28H32N2O5/c1-3-17-35-23-11-9-21(10-12-23)25-24(26(31)22-7-5-20(2)6-8-22)27(32)28(33)30(25)14-4-13-29-15-18-34-19-16-29/h3,5-12,25,31H,1,4,13-19H2,2H3. The van der Waals surface area contributed by atoms with Crippen molar-refractivity contribution in [3.05, 3.63) is 83.4 Å². The van der Waals surface area contributed by atoms with Crippen LogP contribution < -0.4 is 4.74 Å². The molecule has 2 aromatic rings. The van der Waals surface area contributed by atoms with Crippen molar-refractivity contribution in [3.8, 4) is 5.75 Å². The normalized spacial score (nSPS) is 20.3. The summed E-state index contributed by atoms with van der Waals surface area (Å²) in [5, 5.41) is 11.2. The first-order valence-electron chi connectivity index (χ1n) is 12.0. The molecule has 0 bridgehead atoms. The quantitative estimate of drug-likeness (QED) is 0.257. The predicted molar refractivity (Wildman–Crippen MR) is 134 cm³/mol. The number of morpholine rings is 1. The summed E-state index contributed by atoms with van der Waals surface area (Å²) >= 11 is 0. The van der Waals surface area contributed by atoms with Crippen LogP contribution >= 0.6 is 0 Å². The molecule has 2 aliphatic heterocycles. The number of hydrogen-bond donors (Lipinski definition) is 1. The van der Waals surface area contributed by atoms with Gasteiger partial charge in [-0.15, -0.1) is 0 Å². The van der Waals surface area contributed by atoms with Gasteiger partial charge in [-0.1, -0.05) is 54.6 Å². The lowest BCUT2D eigenvalue weighted by atomic mass is 9.95. The van der Waals surface area contributed by atoms with Crippen molar-refractivity contribution in [2.75, 3.05) is 46.0 Å². The minimum atomic E-state index is -0.672. The van der Waals surface area contributed by atoms with Crippen molar-refractivity contribution in [3.63, 3.8) is 0 Å². The van der Waals surface area contributed by atoms with Gasteiger partial charge < -0.3 is 19.5 Å². The van der Waals surface area contributed by atoms with Gasteiger partial charge in [0, 0.05) is 31.7 Å². The van der Waals surface area contributed by atoms with E-state index in [-0.39, 0.29) is 11.3 Å². The lowest BCUT2D eigenvalue weighted by molar-refractivity contribution is -0.140. The molecule has 7 heteroatoms. The fourth-order valence-corrected chi connectivity index (χ4v) is 4.52. The molecule has 0 spiro atoms. The van der Waals surface area contributed by atoms with Crippen molar-refractivity contribution in [2.45, 2.75) is 19.4 Å². The number of aliphatic hydroxyl groups excluding tert-OH is 1. The summed E-state index contributed by atoms with van der Waals surface area (Å²) in [4.78, 5) is 30.2. The Bertz CT molecular complexity index is 1090. The van der Waals surface area contributed by atoms with Crippen LogP contribution in [0, 0.1) is 6.92 Å². The minimum Gasteiger partial charge on any atom is -0.507 e. The van der Waals surface area contributed by atoms with Crippen molar-refractivity contribution < 1.29 is 24.2 Å². The van der Waals surface area contributed by atoms with Gasteiger partial charge in [0.25, 0.3) is 11.7 Å². The number of ether oxygens (including phenoxy) is 2. The number of carbonyl (C=O) groups excluding carboxylic acids is 2. The number of benzene rings is 2. The smallest absolute Gasteiger partial charge is 0.295 e. The summed E-state index contributed by atoms with van der Waals surface area (Å²) in [5.41, 5.74) is 2.41. The Morgan fingerprint density at radius 3 is 2.43 bits per heavy atom. The van der Waals surface area contributed by atoms with Crippen LogP contribution in [0.5, 0.6) is 5.75 Å². The fraction of sp³-hybridized carbons (Fsp3) is 0.357. The number of Topliss-reactive ketones (excluding diaryl/α,β-unsaturated/α-hetero) is 1. The van der Waals surface area contributed by atoms with E-state index in [0.29, 0.717) is 44.1 Å². The van der Waals surface area contributed by atoms with E-state index in [1.807, 2.05) is 31.2 Å². The second-order valence-corrected chi connectivity index (χ2v) is 8.83. The largest absolute Gasteiger partial charge is 0.507 e. The maximum Gasteiger partial charge on any atom is 0.295 e. The third-order valence-corrected chi connectivity index (χ3v) is 6.41. The van der Waals surface area contributed by atoms with E-state index >= 15 is 0 Å². The number of hydrogen-bond acceptors (Lipinski definition) is 6. The Morgan fingerprint density at radius 2 is 1.77 bits per heavy atom. The average molecular weight is 477 g/mol. The van der Waals surface area contributed by atoms with Gasteiger partial charge in [-0.2, -0.15) is 0 Å². The molecule has 184 valence electrons. The number of rotatable bonds is 9. The van der Waals surface area contributed by atoms with Gasteiger partial charge in [0.15, 0.2) is 0 Å². The second-order valence-electron chi connectivity index (χ2n) is 8.83. The van der Waals surface area contributed by atoms with Crippen LogP contribution in [0.2, 0.25) is 0 Å². The molecule has 2 fully saturated rings. The van der Waals surface area contributed by atoms with Crippen LogP contribution in [0.15, 0.2) is 66.8 Å². The zero-order chi connectivity index (χ0) is 24.8. The van der Waals surface area contributed by atoms with Gasteiger partial charge >= 0.3 is 0 Å². The fourth-order valence-electron chi connectivity index (χ4n) is 4.52. The molecule has 2 aliphatic rings. The average Bonchev–Trinajstić information content (AvgIpc) is 3.13. The van der Waals surface area contributed by atoms with E-state index < -0.39 is 17.7 Å². The predicted octanol–water partition coefficient (Wildman–Crippen LogP) is 3.70.